The predicted octanol–water partition coefficient (Wildman–Crippen LogP) is 1.99. The maximum atomic E-state index is 12.4. The number of hydrogen-bond acceptors (Lipinski definition) is 4. The monoisotopic (exact) mass is 315 g/mol. The molecule has 0 aliphatic heterocycles. The summed E-state index contributed by atoms with van der Waals surface area (Å²) in [6.45, 7) is -3.41. The van der Waals surface area contributed by atoms with Crippen LogP contribution in [0.2, 0.25) is 0 Å². The molecule has 1 aromatic rings. The zero-order valence-corrected chi connectivity index (χ0v) is 11.8. The first kappa shape index (κ1) is 16.0. The Balaban J connectivity index is 2.23. The Morgan fingerprint density at radius 2 is 2.05 bits per heavy atom. The highest BCUT2D eigenvalue weighted by Crippen LogP contribution is 2.32. The fourth-order valence-electron chi connectivity index (χ4n) is 2.06. The largest absolute Gasteiger partial charge is 0.493 e. The van der Waals surface area contributed by atoms with E-state index in [9.17, 15) is 18.4 Å². The van der Waals surface area contributed by atoms with Crippen LogP contribution in [0, 0.1) is 0 Å². The first-order valence-corrected chi connectivity index (χ1v) is 6.58. The second-order valence-corrected chi connectivity index (χ2v) is 4.80. The number of alkyl halides is 2. The van der Waals surface area contributed by atoms with Crippen molar-refractivity contribution < 1.29 is 33.0 Å². The van der Waals surface area contributed by atoms with E-state index in [1.807, 2.05) is 0 Å². The normalized spacial score (nSPS) is 13.8. The fourth-order valence-corrected chi connectivity index (χ4v) is 2.06. The maximum absolute atomic E-state index is 12.4. The van der Waals surface area contributed by atoms with Crippen LogP contribution in [0.25, 0.3) is 0 Å². The van der Waals surface area contributed by atoms with Crippen LogP contribution in [0.3, 0.4) is 0 Å². The van der Waals surface area contributed by atoms with Crippen molar-refractivity contribution >= 4 is 11.9 Å². The Hall–Kier alpha value is -2.38. The second-order valence-electron chi connectivity index (χ2n) is 4.80. The average molecular weight is 315 g/mol. The van der Waals surface area contributed by atoms with Gasteiger partial charge in [-0.25, -0.2) is 0 Å². The number of carboxylic acids is 1. The molecule has 1 aliphatic rings. The summed E-state index contributed by atoms with van der Waals surface area (Å²) >= 11 is 0. The van der Waals surface area contributed by atoms with E-state index in [4.69, 9.17) is 9.84 Å². The van der Waals surface area contributed by atoms with Crippen molar-refractivity contribution in [2.75, 3.05) is 13.7 Å². The van der Waals surface area contributed by atoms with Gasteiger partial charge in [-0.1, -0.05) is 0 Å². The van der Waals surface area contributed by atoms with Crippen molar-refractivity contribution in [1.82, 2.24) is 4.90 Å². The van der Waals surface area contributed by atoms with Crippen molar-refractivity contribution in [2.45, 2.75) is 25.5 Å². The van der Waals surface area contributed by atoms with Crippen molar-refractivity contribution in [2.24, 2.45) is 0 Å². The number of methoxy groups -OCH3 is 1. The van der Waals surface area contributed by atoms with Gasteiger partial charge in [0.05, 0.1) is 7.11 Å². The summed E-state index contributed by atoms with van der Waals surface area (Å²) in [7, 11) is 1.26. The molecule has 0 heterocycles. The van der Waals surface area contributed by atoms with Gasteiger partial charge in [0.2, 0.25) is 0 Å². The molecule has 0 saturated heterocycles. The van der Waals surface area contributed by atoms with Crippen molar-refractivity contribution in [1.29, 1.82) is 0 Å². The topological polar surface area (TPSA) is 76.1 Å². The minimum atomic E-state index is -3.01. The molecule has 8 heteroatoms. The van der Waals surface area contributed by atoms with Gasteiger partial charge in [0, 0.05) is 11.6 Å². The van der Waals surface area contributed by atoms with Gasteiger partial charge < -0.3 is 19.5 Å². The Morgan fingerprint density at radius 3 is 2.55 bits per heavy atom. The lowest BCUT2D eigenvalue weighted by atomic mass is 10.1. The van der Waals surface area contributed by atoms with Crippen molar-refractivity contribution in [3.8, 4) is 11.5 Å². The van der Waals surface area contributed by atoms with Gasteiger partial charge in [0.15, 0.2) is 11.5 Å². The summed E-state index contributed by atoms with van der Waals surface area (Å²) in [5.41, 5.74) is 0.159. The molecule has 1 aromatic carbocycles. The van der Waals surface area contributed by atoms with Gasteiger partial charge in [-0.05, 0) is 31.0 Å². The third-order valence-corrected chi connectivity index (χ3v) is 3.18. The van der Waals surface area contributed by atoms with E-state index in [2.05, 4.69) is 4.74 Å². The van der Waals surface area contributed by atoms with Crippen LogP contribution < -0.4 is 9.47 Å². The van der Waals surface area contributed by atoms with E-state index in [0.717, 1.165) is 12.8 Å². The minimum absolute atomic E-state index is 0.0165. The highest BCUT2D eigenvalue weighted by Gasteiger charge is 2.34. The molecule has 0 aromatic heterocycles. The summed E-state index contributed by atoms with van der Waals surface area (Å²) in [6.07, 6.45) is 1.51. The highest BCUT2D eigenvalue weighted by atomic mass is 19.3. The Morgan fingerprint density at radius 1 is 1.36 bits per heavy atom. The summed E-state index contributed by atoms with van der Waals surface area (Å²) < 4.78 is 33.7. The van der Waals surface area contributed by atoms with E-state index in [1.165, 1.54) is 30.2 Å². The molecule has 0 bridgehead atoms. The molecular weight excluding hydrogens is 300 g/mol. The van der Waals surface area contributed by atoms with Gasteiger partial charge in [-0.3, -0.25) is 9.59 Å². The molecule has 0 unspecified atom stereocenters. The number of carbonyl (C=O) groups excluding carboxylic acids is 1. The van der Waals surface area contributed by atoms with E-state index in [0.29, 0.717) is 0 Å². The average Bonchev–Trinajstić information content (AvgIpc) is 3.28. The van der Waals surface area contributed by atoms with Crippen LogP contribution >= 0.6 is 0 Å². The molecule has 1 saturated carbocycles. The van der Waals surface area contributed by atoms with Crippen LogP contribution in [-0.4, -0.2) is 48.2 Å². The first-order valence-electron chi connectivity index (χ1n) is 6.58. The van der Waals surface area contributed by atoms with Crippen LogP contribution in [0.5, 0.6) is 11.5 Å². The lowest BCUT2D eigenvalue weighted by molar-refractivity contribution is -0.137. The molecular formula is C14H15F2NO5. The molecule has 0 atom stereocenters. The van der Waals surface area contributed by atoms with Crippen molar-refractivity contribution in [3.05, 3.63) is 23.8 Å². The van der Waals surface area contributed by atoms with E-state index in [1.54, 1.807) is 0 Å². The molecule has 120 valence electrons. The first-order chi connectivity index (χ1) is 10.4. The zero-order valence-electron chi connectivity index (χ0n) is 11.8. The highest BCUT2D eigenvalue weighted by molar-refractivity contribution is 5.96. The number of ether oxygens (including phenoxy) is 2. The van der Waals surface area contributed by atoms with Gasteiger partial charge in [-0.2, -0.15) is 8.78 Å². The zero-order chi connectivity index (χ0) is 16.3. The summed E-state index contributed by atoms with van der Waals surface area (Å²) in [5.74, 6) is -1.79. The fraction of sp³-hybridized carbons (Fsp3) is 0.429. The molecule has 0 spiro atoms. The molecule has 1 N–H and O–H groups in total. The van der Waals surface area contributed by atoms with Crippen LogP contribution in [0.4, 0.5) is 8.78 Å². The number of halogens is 2. The maximum Gasteiger partial charge on any atom is 0.387 e. The SMILES string of the molecule is COc1cc(C(=O)N(CC(=O)O)C2CC2)ccc1OC(F)F. The lowest BCUT2D eigenvalue weighted by Crippen LogP contribution is -2.37. The van der Waals surface area contributed by atoms with Gasteiger partial charge in [0.1, 0.15) is 6.54 Å². The van der Waals surface area contributed by atoms with Gasteiger partial charge in [-0.15, -0.1) is 0 Å². The number of aliphatic carboxylic acids is 1. The smallest absolute Gasteiger partial charge is 0.387 e. The number of rotatable bonds is 7. The van der Waals surface area contributed by atoms with E-state index in [-0.39, 0.29) is 23.1 Å². The van der Waals surface area contributed by atoms with Crippen LogP contribution in [0.1, 0.15) is 23.2 Å². The number of carboxylic acid groups (broad SMARTS) is 1. The predicted molar refractivity (Wildman–Crippen MR) is 71.3 cm³/mol. The van der Waals surface area contributed by atoms with Crippen LogP contribution in [-0.2, 0) is 4.79 Å². The molecule has 1 aliphatic carbocycles. The number of hydrogen-bond donors (Lipinski definition) is 1. The molecule has 22 heavy (non-hydrogen) atoms. The number of carbonyl (C=O) groups is 2. The third kappa shape index (κ3) is 3.84. The Kier molecular flexibility index (Phi) is 4.79. The second kappa shape index (κ2) is 6.59. The third-order valence-electron chi connectivity index (χ3n) is 3.18. The molecule has 0 radical (unpaired) electrons. The Labute approximate surface area is 125 Å². The van der Waals surface area contributed by atoms with Gasteiger partial charge in [0.25, 0.3) is 5.91 Å². The Bertz CT molecular complexity index is 574. The summed E-state index contributed by atoms with van der Waals surface area (Å²) in [6, 6.07) is 3.67. The van der Waals surface area contributed by atoms with E-state index < -0.39 is 25.0 Å². The van der Waals surface area contributed by atoms with Crippen LogP contribution in [0.15, 0.2) is 18.2 Å². The molecule has 1 fully saturated rings. The van der Waals surface area contributed by atoms with E-state index >= 15 is 0 Å². The number of amides is 1. The number of benzene rings is 1. The minimum Gasteiger partial charge on any atom is -0.493 e. The summed E-state index contributed by atoms with van der Waals surface area (Å²) in [4.78, 5) is 24.5. The quantitative estimate of drug-likeness (QED) is 0.832. The molecule has 6 nitrogen and oxygen atoms in total. The van der Waals surface area contributed by atoms with Crippen molar-refractivity contribution in [3.63, 3.8) is 0 Å². The number of nitrogens with zero attached hydrogens (tertiary/aromatic N) is 1. The summed E-state index contributed by atoms with van der Waals surface area (Å²) in [5, 5.41) is 8.88. The standard InChI is InChI=1S/C14H15F2NO5/c1-21-11-6-8(2-5-10(11)22-14(15)16)13(20)17(7-12(18)19)9-3-4-9/h2,5-6,9,14H,3-4,7H2,1H3,(H,18,19). The molecule has 2 rings (SSSR count). The van der Waals surface area contributed by atoms with Gasteiger partial charge >= 0.3 is 12.6 Å². The lowest BCUT2D eigenvalue weighted by Gasteiger charge is -2.21. The molecule has 1 amide bonds.